The molecule has 2 heteroatoms. The number of hydrogen-bond donors (Lipinski definition) is 0. The second-order valence-electron chi connectivity index (χ2n) is 3.85. The van der Waals surface area contributed by atoms with Gasteiger partial charge in [-0.1, -0.05) is 0 Å². The first kappa shape index (κ1) is 12.7. The Morgan fingerprint density at radius 2 is 1.33 bits per heavy atom. The first-order chi connectivity index (χ1) is 5.54. The molecule has 0 aromatic heterocycles. The topological polar surface area (TPSA) is 0 Å². The fraction of sp³-hybridized carbons (Fsp3) is 1.00. The van der Waals surface area contributed by atoms with Crippen molar-refractivity contribution in [1.29, 1.82) is 0 Å². The van der Waals surface area contributed by atoms with Crippen molar-refractivity contribution in [3.8, 4) is 0 Å². The van der Waals surface area contributed by atoms with Gasteiger partial charge in [-0.2, -0.15) is 0 Å². The number of hydrogen-bond acceptors (Lipinski definition) is 0. The zero-order valence-corrected chi connectivity index (χ0v) is 10.7. The Kier molecular flexibility index (Phi) is 5.11. The van der Waals surface area contributed by atoms with E-state index in [0.717, 1.165) is 0 Å². The Morgan fingerprint density at radius 3 is 1.58 bits per heavy atom. The average molecular weight is 211 g/mol. The number of halogens is 1. The van der Waals surface area contributed by atoms with Gasteiger partial charge in [0.1, 0.15) is 0 Å². The van der Waals surface area contributed by atoms with Gasteiger partial charge in [-0.25, -0.2) is 0 Å². The van der Waals surface area contributed by atoms with Gasteiger partial charge in [-0.3, -0.25) is 0 Å². The van der Waals surface area contributed by atoms with Crippen LogP contribution in [0.15, 0.2) is 0 Å². The van der Waals surface area contributed by atoms with E-state index >= 15 is 0 Å². The molecule has 0 N–H and O–H groups in total. The third-order valence-corrected chi connectivity index (χ3v) is 12.3. The van der Waals surface area contributed by atoms with Crippen molar-refractivity contribution in [2.24, 2.45) is 0 Å². The van der Waals surface area contributed by atoms with E-state index in [1.54, 1.807) is 0 Å². The molecule has 0 aliphatic rings. The Balaban J connectivity index is 4.35. The summed E-state index contributed by atoms with van der Waals surface area (Å²) >= 11 is 6.86. The van der Waals surface area contributed by atoms with Crippen molar-refractivity contribution < 1.29 is 0 Å². The summed E-state index contributed by atoms with van der Waals surface area (Å²) in [4.78, 5) is 0. The van der Waals surface area contributed by atoms with Gasteiger partial charge < -0.3 is 0 Å². The summed E-state index contributed by atoms with van der Waals surface area (Å²) in [6.45, 7) is 9.06. The van der Waals surface area contributed by atoms with Gasteiger partial charge in [-0.05, 0) is 0 Å². The van der Waals surface area contributed by atoms with Crippen molar-refractivity contribution in [3.05, 3.63) is 0 Å². The molecule has 0 fully saturated rings. The van der Waals surface area contributed by atoms with Gasteiger partial charge in [-0.15, -0.1) is 0 Å². The molecule has 0 spiro atoms. The third kappa shape index (κ3) is 2.89. The van der Waals surface area contributed by atoms with Crippen LogP contribution in [0, 0.1) is 0 Å². The zero-order valence-electron chi connectivity index (χ0n) is 9.07. The molecule has 0 nitrogen and oxygen atoms in total. The van der Waals surface area contributed by atoms with Crippen LogP contribution in [-0.2, 0) is 0 Å². The molecule has 0 aliphatic carbocycles. The van der Waals surface area contributed by atoms with Crippen molar-refractivity contribution in [3.63, 3.8) is 0 Å². The molecule has 0 rings (SSSR count). The summed E-state index contributed by atoms with van der Waals surface area (Å²) in [7, 11) is 0. The molecule has 76 valence electrons. The number of rotatable bonds is 6. The molecular weight excluding hydrogens is 187 g/mol. The van der Waals surface area contributed by atoms with Gasteiger partial charge in [0.2, 0.25) is 0 Å². The quantitative estimate of drug-likeness (QED) is 0.564. The average Bonchev–Trinajstić information content (AvgIpc) is 2.15. The molecule has 0 aromatic rings. The van der Waals surface area contributed by atoms with Gasteiger partial charge in [0.25, 0.3) is 0 Å². The molecule has 0 saturated heterocycles. The molecule has 0 aromatic carbocycles. The summed E-state index contributed by atoms with van der Waals surface area (Å²) < 4.78 is 0. The van der Waals surface area contributed by atoms with E-state index in [-0.39, 0.29) is 0 Å². The Hall–Kier alpha value is 0.720. The second kappa shape index (κ2) is 4.82. The molecule has 0 unspecified atom stereocenters. The monoisotopic (exact) mass is 210 g/mol. The minimum absolute atomic E-state index is 1.22. The molecule has 0 amide bonds. The van der Waals surface area contributed by atoms with Crippen molar-refractivity contribution in [1.82, 2.24) is 0 Å². The van der Waals surface area contributed by atoms with E-state index in [1.165, 1.54) is 37.5 Å². The molecule has 0 aliphatic heterocycles. The van der Waals surface area contributed by atoms with Gasteiger partial charge >= 0.3 is 82.4 Å². The van der Waals surface area contributed by atoms with Gasteiger partial charge in [0, 0.05) is 0 Å². The van der Waals surface area contributed by atoms with E-state index in [9.17, 15) is 0 Å². The zero-order chi connectivity index (χ0) is 9.69. The molecule has 0 bridgehead atoms. The second-order valence-corrected chi connectivity index (χ2v) is 12.7. The van der Waals surface area contributed by atoms with Crippen LogP contribution < -0.4 is 0 Å². The molecule has 0 atom stereocenters. The van der Waals surface area contributed by atoms with E-state index in [0.29, 0.717) is 0 Å². The van der Waals surface area contributed by atoms with Crippen LogP contribution >= 0.6 is 17.2 Å². The fourth-order valence-electron chi connectivity index (χ4n) is 1.70. The number of unbranched alkanes of at least 4 members (excludes halogenated alkanes) is 1. The van der Waals surface area contributed by atoms with E-state index < -0.39 is 5.96 Å². The fourth-order valence-corrected chi connectivity index (χ4v) is 5.45. The predicted molar refractivity (Wildman–Crippen MR) is 64.2 cm³/mol. The maximum atomic E-state index is 6.86. The predicted octanol–water partition coefficient (Wildman–Crippen LogP) is 4.55. The van der Waals surface area contributed by atoms with Crippen LogP contribution in [0.3, 0.4) is 0 Å². The van der Waals surface area contributed by atoms with Crippen molar-refractivity contribution in [2.75, 3.05) is 24.6 Å². The molecule has 0 saturated carbocycles. The van der Waals surface area contributed by atoms with Crippen molar-refractivity contribution in [2.45, 2.75) is 40.5 Å². The Morgan fingerprint density at radius 1 is 0.917 bits per heavy atom. The van der Waals surface area contributed by atoms with Crippen LogP contribution in [0.2, 0.25) is 0 Å². The summed E-state index contributed by atoms with van der Waals surface area (Å²) in [5.41, 5.74) is 0. The van der Waals surface area contributed by atoms with Gasteiger partial charge in [0.15, 0.2) is 0 Å². The first-order valence-corrected chi connectivity index (χ1v) is 9.14. The summed E-state index contributed by atoms with van der Waals surface area (Å²) in [5, 5.41) is 0. The van der Waals surface area contributed by atoms with Crippen molar-refractivity contribution >= 4 is 17.2 Å². The van der Waals surface area contributed by atoms with Gasteiger partial charge in [0.05, 0.1) is 0 Å². The van der Waals surface area contributed by atoms with Crippen LogP contribution in [0.4, 0.5) is 0 Å². The van der Waals surface area contributed by atoms with Crippen LogP contribution in [0.1, 0.15) is 40.5 Å². The normalized spacial score (nSPS) is 15.6. The summed E-state index contributed by atoms with van der Waals surface area (Å²) in [6.07, 6.45) is 7.56. The Bertz CT molecular complexity index is 119. The third-order valence-electron chi connectivity index (χ3n) is 3.44. The molecular formula is C10H24ClP. The Labute approximate surface area is 82.8 Å². The SMILES string of the molecule is CCCCP(Cl)(CC)(CC)CC. The standard InChI is InChI=1S/C10H24ClP/c1-5-9-10-12(11,6-2,7-3)8-4/h5-10H2,1-4H3. The van der Waals surface area contributed by atoms with Crippen LogP contribution in [-0.4, -0.2) is 24.6 Å². The molecule has 0 radical (unpaired) electrons. The molecule has 0 heterocycles. The summed E-state index contributed by atoms with van der Waals surface area (Å²) in [6, 6.07) is 0. The van der Waals surface area contributed by atoms with Crippen LogP contribution in [0.5, 0.6) is 0 Å². The molecule has 12 heavy (non-hydrogen) atoms. The van der Waals surface area contributed by atoms with Crippen LogP contribution in [0.25, 0.3) is 0 Å². The van der Waals surface area contributed by atoms with E-state index in [2.05, 4.69) is 27.7 Å². The van der Waals surface area contributed by atoms with E-state index in [4.69, 9.17) is 11.2 Å². The first-order valence-electron chi connectivity index (χ1n) is 5.26. The summed E-state index contributed by atoms with van der Waals surface area (Å²) in [5.74, 6) is -1.73. The minimum atomic E-state index is -1.73. The maximum absolute atomic E-state index is 6.86. The van der Waals surface area contributed by atoms with E-state index in [1.807, 2.05) is 0 Å².